The summed E-state index contributed by atoms with van der Waals surface area (Å²) < 4.78 is 27.0. The van der Waals surface area contributed by atoms with E-state index in [1.807, 2.05) is 66.8 Å². The van der Waals surface area contributed by atoms with Crippen molar-refractivity contribution in [3.05, 3.63) is 107 Å². The SMILES string of the molecule is Cl.NC/C(=C\F)Cn1ncn(C2(c3ccc4c(c3)OCO4)C=CC=C(c3ccccc3)C2)c1=O. The van der Waals surface area contributed by atoms with E-state index in [1.54, 1.807) is 4.57 Å². The number of rotatable bonds is 6. The summed E-state index contributed by atoms with van der Waals surface area (Å²) >= 11 is 0. The molecule has 1 unspecified atom stereocenters. The van der Waals surface area contributed by atoms with E-state index in [1.165, 1.54) is 11.0 Å². The number of aromatic nitrogens is 3. The Morgan fingerprint density at radius 2 is 1.97 bits per heavy atom. The van der Waals surface area contributed by atoms with Gasteiger partial charge in [-0.25, -0.2) is 13.9 Å². The van der Waals surface area contributed by atoms with Crippen LogP contribution in [0, 0.1) is 0 Å². The van der Waals surface area contributed by atoms with Gasteiger partial charge in [-0.15, -0.1) is 12.4 Å². The minimum absolute atomic E-state index is 0. The second-order valence-electron chi connectivity index (χ2n) is 8.00. The lowest BCUT2D eigenvalue weighted by Crippen LogP contribution is -2.42. The molecule has 2 N–H and O–H groups in total. The lowest BCUT2D eigenvalue weighted by atomic mass is 9.78. The fourth-order valence-corrected chi connectivity index (χ4v) is 4.31. The lowest BCUT2D eigenvalue weighted by molar-refractivity contribution is 0.174. The van der Waals surface area contributed by atoms with Gasteiger partial charge in [0.1, 0.15) is 6.33 Å². The van der Waals surface area contributed by atoms with Crippen LogP contribution in [0.2, 0.25) is 0 Å². The predicted octanol–water partition coefficient (Wildman–Crippen LogP) is 3.79. The van der Waals surface area contributed by atoms with Gasteiger partial charge in [-0.1, -0.05) is 54.6 Å². The summed E-state index contributed by atoms with van der Waals surface area (Å²) in [7, 11) is 0. The first-order valence-electron chi connectivity index (χ1n) is 10.6. The van der Waals surface area contributed by atoms with Crippen LogP contribution in [-0.2, 0) is 12.1 Å². The summed E-state index contributed by atoms with van der Waals surface area (Å²) in [6, 6.07) is 15.7. The molecule has 5 rings (SSSR count). The first kappa shape index (κ1) is 23.5. The topological polar surface area (TPSA) is 84.3 Å². The molecule has 7 nitrogen and oxygen atoms in total. The molecular formula is C25H24ClFN4O3. The molecule has 0 radical (unpaired) electrons. The minimum atomic E-state index is -0.863. The molecule has 2 aromatic carbocycles. The number of nitrogens with two attached hydrogens (primary N) is 1. The molecule has 0 saturated carbocycles. The van der Waals surface area contributed by atoms with Crippen LogP contribution in [-0.4, -0.2) is 27.7 Å². The summed E-state index contributed by atoms with van der Waals surface area (Å²) in [5.74, 6) is 1.29. The van der Waals surface area contributed by atoms with Crippen LogP contribution in [0.1, 0.15) is 17.5 Å². The third kappa shape index (κ3) is 4.06. The fraction of sp³-hybridized carbons (Fsp3) is 0.200. The summed E-state index contributed by atoms with van der Waals surface area (Å²) in [4.78, 5) is 13.5. The molecule has 9 heteroatoms. The third-order valence-electron chi connectivity index (χ3n) is 6.08. The molecule has 0 amide bonds. The average Bonchev–Trinajstić information content (AvgIpc) is 3.49. The van der Waals surface area contributed by atoms with E-state index in [9.17, 15) is 9.18 Å². The third-order valence-corrected chi connectivity index (χ3v) is 6.08. The van der Waals surface area contributed by atoms with Crippen molar-refractivity contribution in [2.75, 3.05) is 13.3 Å². The maximum Gasteiger partial charge on any atom is 0.347 e. The first-order valence-corrected chi connectivity index (χ1v) is 10.6. The van der Waals surface area contributed by atoms with E-state index < -0.39 is 5.54 Å². The number of nitrogens with zero attached hydrogens (tertiary/aromatic N) is 3. The Labute approximate surface area is 202 Å². The van der Waals surface area contributed by atoms with Crippen LogP contribution in [0.3, 0.4) is 0 Å². The van der Waals surface area contributed by atoms with Crippen molar-refractivity contribution >= 4 is 18.0 Å². The molecule has 0 saturated heterocycles. The fourth-order valence-electron chi connectivity index (χ4n) is 4.31. The molecule has 34 heavy (non-hydrogen) atoms. The Bertz CT molecular complexity index is 1330. The quantitative estimate of drug-likeness (QED) is 0.577. The van der Waals surface area contributed by atoms with Crippen LogP contribution >= 0.6 is 12.4 Å². The van der Waals surface area contributed by atoms with Gasteiger partial charge in [0.15, 0.2) is 11.5 Å². The van der Waals surface area contributed by atoms with E-state index in [4.69, 9.17) is 15.2 Å². The van der Waals surface area contributed by atoms with Crippen LogP contribution < -0.4 is 20.9 Å². The number of hydrogen-bond acceptors (Lipinski definition) is 5. The number of benzene rings is 2. The normalized spacial score (nSPS) is 19.0. The standard InChI is InChI=1S/C25H23FN4O3.ClH/c26-13-18(14-27)15-30-24(31)29(16-28-30)25(21-8-9-22-23(11-21)33-17-32-22)10-4-7-20(12-25)19-5-2-1-3-6-19;/h1-11,13,16H,12,14-15,17,27H2;1H/b18-13+;. The maximum atomic E-state index is 13.5. The molecule has 2 heterocycles. The van der Waals surface area contributed by atoms with E-state index in [2.05, 4.69) is 5.10 Å². The molecular weight excluding hydrogens is 459 g/mol. The highest BCUT2D eigenvalue weighted by Gasteiger charge is 2.38. The molecule has 176 valence electrons. The molecule has 0 bridgehead atoms. The highest BCUT2D eigenvalue weighted by molar-refractivity contribution is 5.85. The van der Waals surface area contributed by atoms with Gasteiger partial charge in [-0.2, -0.15) is 5.10 Å². The molecule has 1 aliphatic carbocycles. The van der Waals surface area contributed by atoms with Crippen molar-refractivity contribution in [1.29, 1.82) is 0 Å². The maximum absolute atomic E-state index is 13.5. The number of hydrogen-bond donors (Lipinski definition) is 1. The summed E-state index contributed by atoms with van der Waals surface area (Å²) in [5.41, 5.74) is 7.63. The summed E-state index contributed by atoms with van der Waals surface area (Å²) in [6.07, 6.45) is 8.43. The molecule has 0 fully saturated rings. The second-order valence-corrected chi connectivity index (χ2v) is 8.00. The van der Waals surface area contributed by atoms with Gasteiger partial charge in [0.2, 0.25) is 6.79 Å². The molecule has 1 aromatic heterocycles. The Hall–Kier alpha value is -3.62. The van der Waals surface area contributed by atoms with Crippen molar-refractivity contribution in [3.8, 4) is 11.5 Å². The Kier molecular flexibility index (Phi) is 6.72. The summed E-state index contributed by atoms with van der Waals surface area (Å²) in [5, 5.41) is 4.26. The average molecular weight is 483 g/mol. The largest absolute Gasteiger partial charge is 0.454 e. The molecule has 3 aromatic rings. The predicted molar refractivity (Wildman–Crippen MR) is 130 cm³/mol. The first-order chi connectivity index (χ1) is 16.1. The Morgan fingerprint density at radius 1 is 1.18 bits per heavy atom. The van der Waals surface area contributed by atoms with Crippen LogP contribution in [0.15, 0.2) is 89.8 Å². The lowest BCUT2D eigenvalue weighted by Gasteiger charge is -2.35. The Balaban J connectivity index is 0.00000274. The zero-order valence-electron chi connectivity index (χ0n) is 18.3. The van der Waals surface area contributed by atoms with Gasteiger partial charge < -0.3 is 15.2 Å². The highest BCUT2D eigenvalue weighted by Crippen LogP contribution is 2.43. The zero-order valence-corrected chi connectivity index (χ0v) is 19.1. The number of halogens is 2. The summed E-state index contributed by atoms with van der Waals surface area (Å²) in [6.45, 7) is 0.150. The van der Waals surface area contributed by atoms with E-state index in [-0.39, 0.29) is 43.6 Å². The van der Waals surface area contributed by atoms with Crippen LogP contribution in [0.4, 0.5) is 4.39 Å². The minimum Gasteiger partial charge on any atom is -0.454 e. The van der Waals surface area contributed by atoms with E-state index >= 15 is 0 Å². The van der Waals surface area contributed by atoms with Gasteiger partial charge in [0, 0.05) is 13.0 Å². The monoisotopic (exact) mass is 482 g/mol. The van der Waals surface area contributed by atoms with Crippen LogP contribution in [0.25, 0.3) is 5.57 Å². The highest BCUT2D eigenvalue weighted by atomic mass is 35.5. The second kappa shape index (κ2) is 9.70. The van der Waals surface area contributed by atoms with Crippen molar-refractivity contribution in [3.63, 3.8) is 0 Å². The van der Waals surface area contributed by atoms with Crippen molar-refractivity contribution in [2.45, 2.75) is 18.5 Å². The smallest absolute Gasteiger partial charge is 0.347 e. The number of fused-ring (bicyclic) bond motifs is 1. The van der Waals surface area contributed by atoms with Gasteiger partial charge >= 0.3 is 5.69 Å². The van der Waals surface area contributed by atoms with E-state index in [0.29, 0.717) is 24.2 Å². The molecule has 0 spiro atoms. The number of ether oxygens (including phenoxy) is 2. The van der Waals surface area contributed by atoms with Gasteiger partial charge in [-0.3, -0.25) is 4.57 Å². The molecule has 2 aliphatic rings. The van der Waals surface area contributed by atoms with Crippen molar-refractivity contribution in [1.82, 2.24) is 14.3 Å². The van der Waals surface area contributed by atoms with Crippen molar-refractivity contribution in [2.24, 2.45) is 5.73 Å². The van der Waals surface area contributed by atoms with Gasteiger partial charge in [-0.05, 0) is 34.4 Å². The van der Waals surface area contributed by atoms with Gasteiger partial charge in [0.25, 0.3) is 0 Å². The Morgan fingerprint density at radius 3 is 2.74 bits per heavy atom. The van der Waals surface area contributed by atoms with Crippen LogP contribution in [0.5, 0.6) is 11.5 Å². The molecule has 1 aliphatic heterocycles. The van der Waals surface area contributed by atoms with Crippen molar-refractivity contribution < 1.29 is 13.9 Å². The van der Waals surface area contributed by atoms with Gasteiger partial charge in [0.05, 0.1) is 18.4 Å². The zero-order chi connectivity index (χ0) is 22.8. The number of allylic oxidation sites excluding steroid dienone is 4. The molecule has 1 atom stereocenters. The van der Waals surface area contributed by atoms with E-state index in [0.717, 1.165) is 16.7 Å².